The Morgan fingerprint density at radius 1 is 1.28 bits per heavy atom. The first-order valence-corrected chi connectivity index (χ1v) is 5.43. The molecular formula is C12H13F3O3. The minimum Gasteiger partial charge on any atom is -0.406 e. The van der Waals surface area contributed by atoms with Crippen molar-refractivity contribution in [3.63, 3.8) is 0 Å². The molecule has 1 heterocycles. The number of epoxide rings is 1. The number of hydrogen-bond donors (Lipinski definition) is 0. The Morgan fingerprint density at radius 2 is 1.89 bits per heavy atom. The fraction of sp³-hybridized carbons (Fsp3) is 0.500. The van der Waals surface area contributed by atoms with Crippen molar-refractivity contribution in [1.29, 1.82) is 0 Å². The Balaban J connectivity index is 1.80. The Morgan fingerprint density at radius 3 is 2.39 bits per heavy atom. The molecule has 0 unspecified atom stereocenters. The van der Waals surface area contributed by atoms with Gasteiger partial charge < -0.3 is 14.2 Å². The summed E-state index contributed by atoms with van der Waals surface area (Å²) < 4.78 is 50.1. The van der Waals surface area contributed by atoms with E-state index < -0.39 is 6.36 Å². The first kappa shape index (κ1) is 13.2. The maximum Gasteiger partial charge on any atom is 0.573 e. The van der Waals surface area contributed by atoms with Crippen LogP contribution in [-0.4, -0.2) is 25.2 Å². The maximum absolute atomic E-state index is 11.9. The summed E-state index contributed by atoms with van der Waals surface area (Å²) in [5.74, 6) is -0.233. The number of hydrogen-bond acceptors (Lipinski definition) is 3. The van der Waals surface area contributed by atoms with E-state index in [4.69, 9.17) is 9.47 Å². The number of ether oxygens (including phenoxy) is 3. The quantitative estimate of drug-likeness (QED) is 0.764. The van der Waals surface area contributed by atoms with Crippen molar-refractivity contribution in [3.05, 3.63) is 29.8 Å². The van der Waals surface area contributed by atoms with Gasteiger partial charge in [-0.15, -0.1) is 13.2 Å². The van der Waals surface area contributed by atoms with Crippen molar-refractivity contribution in [2.75, 3.05) is 13.2 Å². The maximum atomic E-state index is 11.9. The van der Waals surface area contributed by atoms with E-state index >= 15 is 0 Å². The average molecular weight is 262 g/mol. The molecule has 1 aliphatic rings. The summed E-state index contributed by atoms with van der Waals surface area (Å²) in [6.07, 6.45) is -4.66. The van der Waals surface area contributed by atoms with Crippen molar-refractivity contribution >= 4 is 0 Å². The molecule has 3 nitrogen and oxygen atoms in total. The van der Waals surface area contributed by atoms with Crippen LogP contribution in [0.3, 0.4) is 0 Å². The van der Waals surface area contributed by atoms with Gasteiger partial charge in [-0.1, -0.05) is 12.1 Å². The molecule has 1 atom stereocenters. The Bertz CT molecular complexity index is 396. The normalized spacial score (nSPS) is 22.9. The van der Waals surface area contributed by atoms with Gasteiger partial charge in [-0.25, -0.2) is 0 Å². The molecule has 0 aliphatic carbocycles. The largest absolute Gasteiger partial charge is 0.573 e. The fourth-order valence-electron chi connectivity index (χ4n) is 1.38. The van der Waals surface area contributed by atoms with Crippen molar-refractivity contribution in [3.8, 4) is 5.75 Å². The molecule has 0 radical (unpaired) electrons. The summed E-state index contributed by atoms with van der Waals surface area (Å²) in [6.45, 7) is 3.44. The monoisotopic (exact) mass is 262 g/mol. The molecule has 0 amide bonds. The molecular weight excluding hydrogens is 249 g/mol. The van der Waals surface area contributed by atoms with Crippen molar-refractivity contribution < 1.29 is 27.4 Å². The van der Waals surface area contributed by atoms with Crippen LogP contribution < -0.4 is 4.74 Å². The van der Waals surface area contributed by atoms with Crippen LogP contribution in [0.5, 0.6) is 5.75 Å². The van der Waals surface area contributed by atoms with E-state index in [1.807, 2.05) is 6.92 Å². The van der Waals surface area contributed by atoms with E-state index in [0.29, 0.717) is 19.8 Å². The second-order valence-corrected chi connectivity index (χ2v) is 4.42. The first-order valence-electron chi connectivity index (χ1n) is 5.43. The van der Waals surface area contributed by atoms with Crippen LogP contribution in [0.25, 0.3) is 0 Å². The molecule has 0 saturated carbocycles. The second-order valence-electron chi connectivity index (χ2n) is 4.42. The van der Waals surface area contributed by atoms with Crippen LogP contribution >= 0.6 is 0 Å². The molecule has 0 N–H and O–H groups in total. The molecule has 1 aliphatic heterocycles. The molecule has 1 fully saturated rings. The van der Waals surface area contributed by atoms with Crippen LogP contribution in [-0.2, 0) is 16.1 Å². The minimum absolute atomic E-state index is 0.181. The number of benzene rings is 1. The third-order valence-electron chi connectivity index (χ3n) is 2.47. The summed E-state index contributed by atoms with van der Waals surface area (Å²) in [7, 11) is 0. The van der Waals surface area contributed by atoms with Crippen molar-refractivity contribution in [1.82, 2.24) is 0 Å². The van der Waals surface area contributed by atoms with Gasteiger partial charge in [0.1, 0.15) is 11.4 Å². The number of halogens is 3. The molecule has 2 rings (SSSR count). The van der Waals surface area contributed by atoms with Crippen molar-refractivity contribution in [2.45, 2.75) is 25.5 Å². The standard InChI is InChI=1S/C12H13F3O3/c1-11(8-17-11)7-16-6-9-2-4-10(5-3-9)18-12(13,14)15/h2-5H,6-8H2,1H3/t11-/m1/s1. The summed E-state index contributed by atoms with van der Waals surface area (Å²) in [5.41, 5.74) is 0.605. The lowest BCUT2D eigenvalue weighted by atomic mass is 10.2. The van der Waals surface area contributed by atoms with Gasteiger partial charge in [0, 0.05) is 0 Å². The van der Waals surface area contributed by atoms with Crippen molar-refractivity contribution in [2.24, 2.45) is 0 Å². The lowest BCUT2D eigenvalue weighted by molar-refractivity contribution is -0.274. The molecule has 0 bridgehead atoms. The lowest BCUT2D eigenvalue weighted by Crippen LogP contribution is -2.17. The summed E-state index contributed by atoms with van der Waals surface area (Å²) >= 11 is 0. The van der Waals surface area contributed by atoms with Gasteiger partial charge in [0.05, 0.1) is 19.8 Å². The first-order chi connectivity index (χ1) is 8.36. The highest BCUT2D eigenvalue weighted by atomic mass is 19.4. The molecule has 1 aromatic carbocycles. The van der Waals surface area contributed by atoms with Crippen LogP contribution in [0, 0.1) is 0 Å². The lowest BCUT2D eigenvalue weighted by Gasteiger charge is -2.10. The van der Waals surface area contributed by atoms with Crippen LogP contribution in [0.1, 0.15) is 12.5 Å². The fourth-order valence-corrected chi connectivity index (χ4v) is 1.38. The molecule has 0 spiro atoms. The van der Waals surface area contributed by atoms with E-state index in [2.05, 4.69) is 4.74 Å². The van der Waals surface area contributed by atoms with E-state index in [1.165, 1.54) is 24.3 Å². The average Bonchev–Trinajstić information content (AvgIpc) is 2.97. The SMILES string of the molecule is C[C@@]1(COCc2ccc(OC(F)(F)F)cc2)CO1. The van der Waals surface area contributed by atoms with Gasteiger partial charge in [0.15, 0.2) is 0 Å². The predicted molar refractivity (Wildman–Crippen MR) is 57.1 cm³/mol. The van der Waals surface area contributed by atoms with Gasteiger partial charge in [-0.05, 0) is 24.6 Å². The predicted octanol–water partition coefficient (Wildman–Crippen LogP) is 2.89. The topological polar surface area (TPSA) is 31.0 Å². The van der Waals surface area contributed by atoms with Gasteiger partial charge in [-0.2, -0.15) is 0 Å². The van der Waals surface area contributed by atoms with Gasteiger partial charge in [-0.3, -0.25) is 0 Å². The molecule has 1 aromatic rings. The highest BCUT2D eigenvalue weighted by Crippen LogP contribution is 2.26. The highest BCUT2D eigenvalue weighted by molar-refractivity contribution is 5.27. The minimum atomic E-state index is -4.66. The Labute approximate surface area is 102 Å². The van der Waals surface area contributed by atoms with E-state index in [9.17, 15) is 13.2 Å². The molecule has 6 heteroatoms. The van der Waals surface area contributed by atoms with E-state index in [-0.39, 0.29) is 11.4 Å². The Kier molecular flexibility index (Phi) is 3.49. The Hall–Kier alpha value is -1.27. The smallest absolute Gasteiger partial charge is 0.406 e. The summed E-state index contributed by atoms with van der Waals surface area (Å²) in [6, 6.07) is 5.61. The molecule has 18 heavy (non-hydrogen) atoms. The van der Waals surface area contributed by atoms with Crippen LogP contribution in [0.4, 0.5) is 13.2 Å². The zero-order chi connectivity index (χ0) is 13.2. The molecule has 100 valence electrons. The van der Waals surface area contributed by atoms with E-state index in [1.54, 1.807) is 0 Å². The second kappa shape index (κ2) is 4.78. The summed E-state index contributed by atoms with van der Waals surface area (Å²) in [5, 5.41) is 0. The summed E-state index contributed by atoms with van der Waals surface area (Å²) in [4.78, 5) is 0. The zero-order valence-corrected chi connectivity index (χ0v) is 9.79. The van der Waals surface area contributed by atoms with Gasteiger partial charge >= 0.3 is 6.36 Å². The third kappa shape index (κ3) is 4.19. The third-order valence-corrected chi connectivity index (χ3v) is 2.47. The zero-order valence-electron chi connectivity index (χ0n) is 9.79. The van der Waals surface area contributed by atoms with E-state index in [0.717, 1.165) is 5.56 Å². The number of rotatable bonds is 5. The van der Waals surface area contributed by atoms with Gasteiger partial charge in [0.2, 0.25) is 0 Å². The molecule has 1 saturated heterocycles. The molecule has 0 aromatic heterocycles. The van der Waals surface area contributed by atoms with Crippen LogP contribution in [0.2, 0.25) is 0 Å². The highest BCUT2D eigenvalue weighted by Gasteiger charge is 2.39. The van der Waals surface area contributed by atoms with Gasteiger partial charge in [0.25, 0.3) is 0 Å². The van der Waals surface area contributed by atoms with Crippen LogP contribution in [0.15, 0.2) is 24.3 Å². The number of alkyl halides is 3.